The molecule has 2 heterocycles. The summed E-state index contributed by atoms with van der Waals surface area (Å²) in [6.45, 7) is 5.92. The first-order valence-corrected chi connectivity index (χ1v) is 11.1. The van der Waals surface area contributed by atoms with Crippen LogP contribution in [0.15, 0.2) is 54.6 Å². The SMILES string of the molecule is CC(C)(C)c1cc(NC(=O)Nc2ccc(Cl)cc2)n(-c2cccc(CN3C(=O)NC(=O)C3=O)c2)n1. The van der Waals surface area contributed by atoms with Crippen molar-refractivity contribution in [2.45, 2.75) is 32.7 Å². The lowest BCUT2D eigenvalue weighted by Crippen LogP contribution is -2.30. The molecule has 0 unspecified atom stereocenters. The van der Waals surface area contributed by atoms with Crippen LogP contribution in [0, 0.1) is 0 Å². The Morgan fingerprint density at radius 1 is 1.03 bits per heavy atom. The number of hydrogen-bond acceptors (Lipinski definition) is 5. The Labute approximate surface area is 206 Å². The Hall–Kier alpha value is -4.18. The number of halogens is 1. The van der Waals surface area contributed by atoms with Crippen LogP contribution < -0.4 is 16.0 Å². The number of aromatic nitrogens is 2. The van der Waals surface area contributed by atoms with Crippen molar-refractivity contribution in [2.75, 3.05) is 10.6 Å². The van der Waals surface area contributed by atoms with Crippen LogP contribution in [0.25, 0.3) is 5.69 Å². The van der Waals surface area contributed by atoms with Crippen molar-refractivity contribution in [3.05, 3.63) is 70.9 Å². The van der Waals surface area contributed by atoms with E-state index in [1.165, 1.54) is 0 Å². The van der Waals surface area contributed by atoms with Gasteiger partial charge in [0.05, 0.1) is 17.9 Å². The van der Waals surface area contributed by atoms with Crippen LogP contribution in [0.5, 0.6) is 0 Å². The predicted octanol–water partition coefficient (Wildman–Crippen LogP) is 4.05. The Bertz CT molecular complexity index is 1330. The topological polar surface area (TPSA) is 125 Å². The van der Waals surface area contributed by atoms with E-state index in [0.717, 1.165) is 10.6 Å². The molecule has 3 N–H and O–H groups in total. The zero-order valence-electron chi connectivity index (χ0n) is 19.3. The van der Waals surface area contributed by atoms with Crippen molar-refractivity contribution in [1.82, 2.24) is 20.0 Å². The number of nitrogens with one attached hydrogen (secondary N) is 3. The van der Waals surface area contributed by atoms with Gasteiger partial charge in [-0.3, -0.25) is 25.1 Å². The Balaban J connectivity index is 1.62. The molecule has 1 saturated heterocycles. The first-order chi connectivity index (χ1) is 16.5. The third-order valence-corrected chi connectivity index (χ3v) is 5.47. The maximum atomic E-state index is 12.7. The molecule has 0 saturated carbocycles. The van der Waals surface area contributed by atoms with E-state index in [9.17, 15) is 19.2 Å². The van der Waals surface area contributed by atoms with Crippen LogP contribution in [0.1, 0.15) is 32.0 Å². The van der Waals surface area contributed by atoms with E-state index in [4.69, 9.17) is 11.6 Å². The second-order valence-electron chi connectivity index (χ2n) is 8.98. The van der Waals surface area contributed by atoms with E-state index in [0.29, 0.717) is 27.8 Å². The molecule has 0 spiro atoms. The van der Waals surface area contributed by atoms with E-state index >= 15 is 0 Å². The van der Waals surface area contributed by atoms with Crippen LogP contribution in [0.3, 0.4) is 0 Å². The molecule has 10 nitrogen and oxygen atoms in total. The predicted molar refractivity (Wildman–Crippen MR) is 130 cm³/mol. The van der Waals surface area contributed by atoms with E-state index in [-0.39, 0.29) is 12.0 Å². The second-order valence-corrected chi connectivity index (χ2v) is 9.42. The van der Waals surface area contributed by atoms with E-state index in [1.807, 2.05) is 26.1 Å². The molecule has 1 aliphatic rings. The molecule has 1 fully saturated rings. The number of carbonyl (C=O) groups excluding carboxylic acids is 4. The normalized spacial score (nSPS) is 13.7. The molecule has 35 heavy (non-hydrogen) atoms. The van der Waals surface area contributed by atoms with Gasteiger partial charge in [-0.05, 0) is 42.0 Å². The van der Waals surface area contributed by atoms with Crippen molar-refractivity contribution in [3.63, 3.8) is 0 Å². The van der Waals surface area contributed by atoms with Gasteiger partial charge < -0.3 is 5.32 Å². The Morgan fingerprint density at radius 3 is 2.37 bits per heavy atom. The largest absolute Gasteiger partial charge is 0.331 e. The molecule has 0 atom stereocenters. The maximum absolute atomic E-state index is 12.7. The molecule has 4 rings (SSSR count). The summed E-state index contributed by atoms with van der Waals surface area (Å²) in [6.07, 6.45) is 0. The summed E-state index contributed by atoms with van der Waals surface area (Å²) in [6, 6.07) is 14.2. The second kappa shape index (κ2) is 9.22. The Kier molecular flexibility index (Phi) is 6.31. The minimum absolute atomic E-state index is 0.0859. The summed E-state index contributed by atoms with van der Waals surface area (Å²) in [4.78, 5) is 48.9. The molecular formula is C24H23ClN6O4. The van der Waals surface area contributed by atoms with E-state index < -0.39 is 23.9 Å². The third-order valence-electron chi connectivity index (χ3n) is 5.22. The number of carbonyl (C=O) groups is 4. The summed E-state index contributed by atoms with van der Waals surface area (Å²) in [7, 11) is 0. The minimum atomic E-state index is -0.953. The van der Waals surface area contributed by atoms with Crippen molar-refractivity contribution in [1.29, 1.82) is 0 Å². The van der Waals surface area contributed by atoms with Crippen molar-refractivity contribution >= 4 is 47.0 Å². The molecule has 1 aromatic heterocycles. The minimum Gasteiger partial charge on any atom is -0.308 e. The highest BCUT2D eigenvalue weighted by atomic mass is 35.5. The average molecular weight is 495 g/mol. The van der Waals surface area contributed by atoms with Crippen LogP contribution in [-0.4, -0.2) is 38.6 Å². The third kappa shape index (κ3) is 5.33. The number of anilines is 2. The highest BCUT2D eigenvalue weighted by molar-refractivity contribution is 6.44. The molecule has 0 bridgehead atoms. The lowest BCUT2D eigenvalue weighted by molar-refractivity contribution is -0.140. The summed E-state index contributed by atoms with van der Waals surface area (Å²) in [5.74, 6) is -1.44. The van der Waals surface area contributed by atoms with Gasteiger partial charge in [0, 0.05) is 22.2 Å². The highest BCUT2D eigenvalue weighted by Crippen LogP contribution is 2.27. The molecule has 1 aliphatic heterocycles. The quantitative estimate of drug-likeness (QED) is 0.364. The van der Waals surface area contributed by atoms with Gasteiger partial charge in [-0.25, -0.2) is 14.3 Å². The van der Waals surface area contributed by atoms with Crippen molar-refractivity contribution in [2.24, 2.45) is 0 Å². The molecule has 11 heteroatoms. The lowest BCUT2D eigenvalue weighted by Gasteiger charge is -2.15. The summed E-state index contributed by atoms with van der Waals surface area (Å²) in [5.41, 5.74) is 2.21. The molecular weight excluding hydrogens is 472 g/mol. The van der Waals surface area contributed by atoms with Crippen LogP contribution in [0.4, 0.5) is 21.1 Å². The molecule has 0 radical (unpaired) electrons. The van der Waals surface area contributed by atoms with Crippen LogP contribution >= 0.6 is 11.6 Å². The van der Waals surface area contributed by atoms with Gasteiger partial charge in [-0.1, -0.05) is 44.5 Å². The van der Waals surface area contributed by atoms with Crippen LogP contribution in [0.2, 0.25) is 5.02 Å². The number of rotatable bonds is 5. The van der Waals surface area contributed by atoms with Gasteiger partial charge in [0.25, 0.3) is 0 Å². The molecule has 3 aromatic rings. The number of imide groups is 2. The number of amides is 6. The number of benzene rings is 2. The average Bonchev–Trinajstić information content (AvgIpc) is 3.32. The smallest absolute Gasteiger partial charge is 0.308 e. The Morgan fingerprint density at radius 2 is 1.74 bits per heavy atom. The monoisotopic (exact) mass is 494 g/mol. The fourth-order valence-corrected chi connectivity index (χ4v) is 3.52. The van der Waals surface area contributed by atoms with Gasteiger partial charge in [-0.2, -0.15) is 5.10 Å². The molecule has 180 valence electrons. The van der Waals surface area contributed by atoms with Crippen LogP contribution in [-0.2, 0) is 21.5 Å². The van der Waals surface area contributed by atoms with Crippen molar-refractivity contribution < 1.29 is 19.2 Å². The summed E-state index contributed by atoms with van der Waals surface area (Å²) >= 11 is 5.90. The molecule has 2 aromatic carbocycles. The van der Waals surface area contributed by atoms with Gasteiger partial charge in [-0.15, -0.1) is 0 Å². The number of hydrogen-bond donors (Lipinski definition) is 3. The van der Waals surface area contributed by atoms with Gasteiger partial charge in [0.1, 0.15) is 5.82 Å². The standard InChI is InChI=1S/C24H23ClN6O4/c1-24(2,3)18-12-19(27-22(34)26-16-9-7-15(25)8-10-16)31(29-18)17-6-4-5-14(11-17)13-30-21(33)20(32)28-23(30)35/h4-12H,13H2,1-3H3,(H2,26,27,34)(H,28,32,35). The van der Waals surface area contributed by atoms with Crippen molar-refractivity contribution in [3.8, 4) is 5.69 Å². The lowest BCUT2D eigenvalue weighted by atomic mass is 9.92. The summed E-state index contributed by atoms with van der Waals surface area (Å²) in [5, 5.41) is 12.8. The first-order valence-electron chi connectivity index (χ1n) is 10.7. The number of nitrogens with zero attached hydrogens (tertiary/aromatic N) is 3. The van der Waals surface area contributed by atoms with E-state index in [1.54, 1.807) is 59.3 Å². The zero-order valence-corrected chi connectivity index (χ0v) is 20.0. The number of urea groups is 2. The molecule has 6 amide bonds. The summed E-state index contributed by atoms with van der Waals surface area (Å²) < 4.78 is 1.57. The van der Waals surface area contributed by atoms with E-state index in [2.05, 4.69) is 15.7 Å². The van der Waals surface area contributed by atoms with Gasteiger partial charge >= 0.3 is 23.9 Å². The first kappa shape index (κ1) is 24.0. The molecule has 0 aliphatic carbocycles. The highest BCUT2D eigenvalue weighted by Gasteiger charge is 2.36. The zero-order chi connectivity index (χ0) is 25.3. The van der Waals surface area contributed by atoms with Gasteiger partial charge in [0.2, 0.25) is 0 Å². The fourth-order valence-electron chi connectivity index (χ4n) is 3.39. The van der Waals surface area contributed by atoms with Gasteiger partial charge in [0.15, 0.2) is 0 Å². The maximum Gasteiger partial charge on any atom is 0.331 e. The fraction of sp³-hybridized carbons (Fsp3) is 0.208.